The molecule has 0 saturated carbocycles. The molecule has 0 unspecified atom stereocenters. The van der Waals surface area contributed by atoms with E-state index in [0.717, 1.165) is 45.8 Å². The van der Waals surface area contributed by atoms with Crippen molar-refractivity contribution >= 4 is 5.69 Å². The normalized spacial score (nSPS) is 13.6. The molecule has 0 atom stereocenters. The van der Waals surface area contributed by atoms with E-state index < -0.39 is 17.3 Å². The number of halogens is 3. The van der Waals surface area contributed by atoms with E-state index in [0.29, 0.717) is 35.6 Å². The van der Waals surface area contributed by atoms with Crippen molar-refractivity contribution in [3.63, 3.8) is 0 Å². The van der Waals surface area contributed by atoms with Gasteiger partial charge in [0.05, 0.1) is 22.6 Å². The average molecular weight is 492 g/mol. The van der Waals surface area contributed by atoms with Gasteiger partial charge >= 0.3 is 6.18 Å². The van der Waals surface area contributed by atoms with Crippen molar-refractivity contribution in [1.29, 1.82) is 0 Å². The molecule has 3 heterocycles. The fourth-order valence-corrected chi connectivity index (χ4v) is 4.69. The van der Waals surface area contributed by atoms with E-state index >= 15 is 0 Å². The Balaban J connectivity index is 1.83. The van der Waals surface area contributed by atoms with Crippen molar-refractivity contribution in [3.8, 4) is 28.2 Å². The van der Waals surface area contributed by atoms with Gasteiger partial charge in [-0.2, -0.15) is 33.1 Å². The summed E-state index contributed by atoms with van der Waals surface area (Å²) < 4.78 is 43.3. The van der Waals surface area contributed by atoms with Crippen LogP contribution < -0.4 is 10.9 Å². The predicted molar refractivity (Wildman–Crippen MR) is 132 cm³/mol. The largest absolute Gasteiger partial charge is 0.418 e. The van der Waals surface area contributed by atoms with E-state index in [2.05, 4.69) is 20.6 Å². The van der Waals surface area contributed by atoms with Gasteiger partial charge in [0, 0.05) is 29.4 Å². The van der Waals surface area contributed by atoms with Gasteiger partial charge in [-0.05, 0) is 69.5 Å². The van der Waals surface area contributed by atoms with Crippen molar-refractivity contribution < 1.29 is 13.2 Å². The topological polar surface area (TPSA) is 72.7 Å². The van der Waals surface area contributed by atoms with Crippen molar-refractivity contribution in [1.82, 2.24) is 20.0 Å². The zero-order valence-corrected chi connectivity index (χ0v) is 19.9. The highest BCUT2D eigenvalue weighted by atomic mass is 19.4. The maximum absolute atomic E-state index is 14.1. The van der Waals surface area contributed by atoms with Crippen LogP contribution in [-0.2, 0) is 12.6 Å². The first-order valence-corrected chi connectivity index (χ1v) is 11.7. The number of anilines is 1. The number of nitrogens with one attached hydrogen (secondary N) is 1. The summed E-state index contributed by atoms with van der Waals surface area (Å²) in [7, 11) is 0. The molecule has 0 radical (unpaired) electrons. The molecule has 0 saturated heterocycles. The van der Waals surface area contributed by atoms with Crippen LogP contribution in [0, 0.1) is 13.8 Å². The smallest absolute Gasteiger partial charge is 0.380 e. The number of rotatable bonds is 3. The number of nitrogens with zero attached hydrogens (tertiary/aromatic N) is 4. The number of benzene rings is 2. The Morgan fingerprint density at radius 3 is 2.44 bits per heavy atom. The van der Waals surface area contributed by atoms with Gasteiger partial charge in [0.1, 0.15) is 5.69 Å². The Morgan fingerprint density at radius 1 is 0.972 bits per heavy atom. The van der Waals surface area contributed by atoms with E-state index in [1.165, 1.54) is 18.3 Å². The van der Waals surface area contributed by atoms with Crippen molar-refractivity contribution in [2.75, 3.05) is 11.9 Å². The van der Waals surface area contributed by atoms with Crippen LogP contribution in [0.15, 0.2) is 59.5 Å². The Hall–Kier alpha value is -4.01. The monoisotopic (exact) mass is 491 g/mol. The zero-order valence-electron chi connectivity index (χ0n) is 19.9. The molecule has 184 valence electrons. The number of aromatic nitrogens is 4. The highest BCUT2D eigenvalue weighted by molar-refractivity contribution is 5.72. The van der Waals surface area contributed by atoms with Gasteiger partial charge in [0.2, 0.25) is 0 Å². The Kier molecular flexibility index (Phi) is 6.07. The van der Waals surface area contributed by atoms with Crippen LogP contribution in [0.4, 0.5) is 18.9 Å². The molecule has 5 rings (SSSR count). The van der Waals surface area contributed by atoms with Gasteiger partial charge in [-0.15, -0.1) is 0 Å². The van der Waals surface area contributed by atoms with Crippen molar-refractivity contribution in [3.05, 3.63) is 87.3 Å². The van der Waals surface area contributed by atoms with Crippen LogP contribution in [0.1, 0.15) is 35.1 Å². The van der Waals surface area contributed by atoms with Crippen molar-refractivity contribution in [2.45, 2.75) is 39.3 Å². The number of aryl methyl sites for hydroxylation is 2. The van der Waals surface area contributed by atoms with Gasteiger partial charge in [0.15, 0.2) is 0 Å². The molecule has 2 aromatic carbocycles. The van der Waals surface area contributed by atoms with E-state index in [9.17, 15) is 18.0 Å². The molecule has 1 aliphatic rings. The van der Waals surface area contributed by atoms with Crippen LogP contribution in [0.25, 0.3) is 28.2 Å². The minimum absolute atomic E-state index is 0.301. The standard InChI is InChI=1S/C27H24F3N5O/c1-16-12-17(2)14-19(13-16)24-20-6-3-4-10-31-25(20)26(36)35(34-24)23-15-18(22-7-5-11-32-33-22)8-9-21(23)27(28,29)30/h5,7-9,11-15,31H,3-4,6,10H2,1-2H3. The molecule has 9 heteroatoms. The lowest BCUT2D eigenvalue weighted by Gasteiger charge is -2.19. The summed E-state index contributed by atoms with van der Waals surface area (Å²) in [4.78, 5) is 13.7. The first-order valence-electron chi connectivity index (χ1n) is 11.7. The minimum Gasteiger partial charge on any atom is -0.380 e. The second kappa shape index (κ2) is 9.22. The summed E-state index contributed by atoms with van der Waals surface area (Å²) in [5.74, 6) is 0. The summed E-state index contributed by atoms with van der Waals surface area (Å²) in [6, 6.07) is 12.8. The second-order valence-electron chi connectivity index (χ2n) is 9.02. The number of alkyl halides is 3. The van der Waals surface area contributed by atoms with E-state index in [1.807, 2.05) is 32.0 Å². The molecule has 1 aliphatic heterocycles. The first-order chi connectivity index (χ1) is 17.2. The third kappa shape index (κ3) is 4.48. The van der Waals surface area contributed by atoms with E-state index in [4.69, 9.17) is 0 Å². The molecule has 0 spiro atoms. The highest BCUT2D eigenvalue weighted by Gasteiger charge is 2.35. The quantitative estimate of drug-likeness (QED) is 0.396. The fraction of sp³-hybridized carbons (Fsp3) is 0.259. The Bertz CT molecular complexity index is 1480. The number of hydrogen-bond acceptors (Lipinski definition) is 5. The van der Waals surface area contributed by atoms with Gasteiger partial charge in [-0.25, -0.2) is 0 Å². The summed E-state index contributed by atoms with van der Waals surface area (Å²) in [6.07, 6.45) is -0.915. The third-order valence-corrected chi connectivity index (χ3v) is 6.24. The van der Waals surface area contributed by atoms with Crippen molar-refractivity contribution in [2.24, 2.45) is 0 Å². The van der Waals surface area contributed by atoms with Gasteiger partial charge in [0.25, 0.3) is 5.56 Å². The van der Waals surface area contributed by atoms with Crippen LogP contribution in [-0.4, -0.2) is 26.5 Å². The molecule has 1 N–H and O–H groups in total. The first kappa shape index (κ1) is 23.7. The molecule has 6 nitrogen and oxygen atoms in total. The van der Waals surface area contributed by atoms with Crippen LogP contribution in [0.3, 0.4) is 0 Å². The fourth-order valence-electron chi connectivity index (χ4n) is 4.69. The molecule has 0 aliphatic carbocycles. The molecule has 0 amide bonds. The lowest BCUT2D eigenvalue weighted by Crippen LogP contribution is -2.28. The molecular weight excluding hydrogens is 467 g/mol. The van der Waals surface area contributed by atoms with E-state index in [-0.39, 0.29) is 5.69 Å². The SMILES string of the molecule is Cc1cc(C)cc(-c2nn(-c3cc(-c4cccnn4)ccc3C(F)(F)F)c(=O)c3c2CCCCN3)c1. The van der Waals surface area contributed by atoms with Crippen LogP contribution in [0.5, 0.6) is 0 Å². The third-order valence-electron chi connectivity index (χ3n) is 6.24. The minimum atomic E-state index is -4.70. The lowest BCUT2D eigenvalue weighted by atomic mass is 9.98. The maximum Gasteiger partial charge on any atom is 0.418 e. The molecular formula is C27H24F3N5O. The molecule has 0 fully saturated rings. The van der Waals surface area contributed by atoms with Gasteiger partial charge < -0.3 is 5.32 Å². The van der Waals surface area contributed by atoms with Crippen LogP contribution in [0.2, 0.25) is 0 Å². The van der Waals surface area contributed by atoms with E-state index in [1.54, 1.807) is 12.1 Å². The Morgan fingerprint density at radius 2 is 1.75 bits per heavy atom. The number of hydrogen-bond donors (Lipinski definition) is 1. The lowest BCUT2D eigenvalue weighted by molar-refractivity contribution is -0.137. The summed E-state index contributed by atoms with van der Waals surface area (Å²) in [6.45, 7) is 4.47. The summed E-state index contributed by atoms with van der Waals surface area (Å²) >= 11 is 0. The zero-order chi connectivity index (χ0) is 25.4. The van der Waals surface area contributed by atoms with Crippen LogP contribution >= 0.6 is 0 Å². The molecule has 0 bridgehead atoms. The molecule has 2 aromatic heterocycles. The average Bonchev–Trinajstić information content (AvgIpc) is 3.10. The highest BCUT2D eigenvalue weighted by Crippen LogP contribution is 2.37. The predicted octanol–water partition coefficient (Wildman–Crippen LogP) is 5.74. The van der Waals surface area contributed by atoms with Gasteiger partial charge in [-0.1, -0.05) is 23.3 Å². The maximum atomic E-state index is 14.1. The summed E-state index contributed by atoms with van der Waals surface area (Å²) in [5.41, 5.74) is 3.18. The van der Waals surface area contributed by atoms with Gasteiger partial charge in [-0.3, -0.25) is 4.79 Å². The molecule has 4 aromatic rings. The summed E-state index contributed by atoms with van der Waals surface area (Å²) in [5, 5.41) is 15.6. The second-order valence-corrected chi connectivity index (χ2v) is 9.02. The molecule has 36 heavy (non-hydrogen) atoms. The Labute approximate surface area is 205 Å². The number of fused-ring (bicyclic) bond motifs is 1.